The Morgan fingerprint density at radius 3 is 2.67 bits per heavy atom. The molecular formula is C16H32N2O3. The molecule has 0 aromatic carbocycles. The van der Waals surface area contributed by atoms with Crippen LogP contribution in [0.5, 0.6) is 0 Å². The van der Waals surface area contributed by atoms with E-state index < -0.39 is 5.60 Å². The molecule has 0 bridgehead atoms. The van der Waals surface area contributed by atoms with Crippen LogP contribution < -0.4 is 10.6 Å². The molecule has 0 saturated carbocycles. The molecule has 1 fully saturated rings. The van der Waals surface area contributed by atoms with Crippen LogP contribution in [0.1, 0.15) is 53.9 Å². The van der Waals surface area contributed by atoms with Crippen LogP contribution in [0.15, 0.2) is 0 Å². The van der Waals surface area contributed by atoms with Crippen molar-refractivity contribution in [1.82, 2.24) is 10.6 Å². The Labute approximate surface area is 129 Å². The van der Waals surface area contributed by atoms with Gasteiger partial charge in [0.25, 0.3) is 0 Å². The maximum Gasteiger partial charge on any atom is 0.407 e. The van der Waals surface area contributed by atoms with Gasteiger partial charge in [-0.1, -0.05) is 13.8 Å². The van der Waals surface area contributed by atoms with Gasteiger partial charge in [0.2, 0.25) is 0 Å². The Balaban J connectivity index is 2.07. The van der Waals surface area contributed by atoms with Crippen molar-refractivity contribution < 1.29 is 14.3 Å². The fraction of sp³-hybridized carbons (Fsp3) is 0.938. The standard InChI is InChI=1S/C16H32N2O3/c1-12(2)14-11-13(7-10-20-14)17-8-6-9-18-15(19)21-16(3,4)5/h12-14,17H,6-11H2,1-5H3,(H,18,19). The molecule has 0 aliphatic carbocycles. The number of carbonyl (C=O) groups is 1. The zero-order valence-electron chi connectivity index (χ0n) is 14.2. The van der Waals surface area contributed by atoms with E-state index in [0.29, 0.717) is 24.6 Å². The van der Waals surface area contributed by atoms with Gasteiger partial charge in [-0.2, -0.15) is 0 Å². The first-order valence-corrected chi connectivity index (χ1v) is 8.10. The van der Waals surface area contributed by atoms with Crippen LogP contribution in [0.3, 0.4) is 0 Å². The molecule has 1 rings (SSSR count). The van der Waals surface area contributed by atoms with Gasteiger partial charge < -0.3 is 20.1 Å². The van der Waals surface area contributed by atoms with Gasteiger partial charge in [-0.25, -0.2) is 4.79 Å². The number of hydrogen-bond acceptors (Lipinski definition) is 4. The molecule has 1 aliphatic rings. The third kappa shape index (κ3) is 8.27. The van der Waals surface area contributed by atoms with Crippen molar-refractivity contribution in [2.24, 2.45) is 5.92 Å². The van der Waals surface area contributed by atoms with E-state index in [-0.39, 0.29) is 6.09 Å². The van der Waals surface area contributed by atoms with Crippen LogP contribution in [0.2, 0.25) is 0 Å². The predicted molar refractivity (Wildman–Crippen MR) is 84.5 cm³/mol. The Bertz CT molecular complexity index is 313. The number of ether oxygens (including phenoxy) is 2. The summed E-state index contributed by atoms with van der Waals surface area (Å²) in [6.45, 7) is 12.4. The van der Waals surface area contributed by atoms with Crippen LogP contribution >= 0.6 is 0 Å². The lowest BCUT2D eigenvalue weighted by Gasteiger charge is -2.32. The van der Waals surface area contributed by atoms with Crippen molar-refractivity contribution in [3.63, 3.8) is 0 Å². The Morgan fingerprint density at radius 2 is 2.05 bits per heavy atom. The third-order valence-corrected chi connectivity index (χ3v) is 3.51. The minimum atomic E-state index is -0.434. The second-order valence-corrected chi connectivity index (χ2v) is 7.11. The molecule has 5 heteroatoms. The summed E-state index contributed by atoms with van der Waals surface area (Å²) in [5.41, 5.74) is -0.434. The molecule has 0 spiro atoms. The molecule has 2 unspecified atom stereocenters. The third-order valence-electron chi connectivity index (χ3n) is 3.51. The first-order chi connectivity index (χ1) is 9.78. The summed E-state index contributed by atoms with van der Waals surface area (Å²) in [6.07, 6.45) is 3.09. The summed E-state index contributed by atoms with van der Waals surface area (Å²) >= 11 is 0. The number of alkyl carbamates (subject to hydrolysis) is 1. The van der Waals surface area contributed by atoms with Gasteiger partial charge >= 0.3 is 6.09 Å². The SMILES string of the molecule is CC(C)C1CC(NCCCNC(=O)OC(C)(C)C)CCO1. The quantitative estimate of drug-likeness (QED) is 0.741. The van der Waals surface area contributed by atoms with Gasteiger partial charge in [0.15, 0.2) is 0 Å². The normalized spacial score (nSPS) is 23.1. The van der Waals surface area contributed by atoms with Crippen molar-refractivity contribution in [2.45, 2.75) is 71.6 Å². The van der Waals surface area contributed by atoms with Crippen molar-refractivity contribution in [3.8, 4) is 0 Å². The van der Waals surface area contributed by atoms with Crippen molar-refractivity contribution in [1.29, 1.82) is 0 Å². The molecule has 1 aliphatic heterocycles. The van der Waals surface area contributed by atoms with Crippen molar-refractivity contribution >= 4 is 6.09 Å². The van der Waals surface area contributed by atoms with E-state index >= 15 is 0 Å². The smallest absolute Gasteiger partial charge is 0.407 e. The molecule has 21 heavy (non-hydrogen) atoms. The van der Waals surface area contributed by atoms with E-state index in [9.17, 15) is 4.79 Å². The molecule has 1 saturated heterocycles. The molecule has 2 N–H and O–H groups in total. The van der Waals surface area contributed by atoms with Gasteiger partial charge in [0.05, 0.1) is 6.10 Å². The van der Waals surface area contributed by atoms with Crippen LogP contribution in [-0.4, -0.2) is 43.5 Å². The molecular weight excluding hydrogens is 268 g/mol. The van der Waals surface area contributed by atoms with E-state index in [1.165, 1.54) is 0 Å². The number of amides is 1. The van der Waals surface area contributed by atoms with Gasteiger partial charge in [-0.05, 0) is 52.5 Å². The summed E-state index contributed by atoms with van der Waals surface area (Å²) in [5, 5.41) is 6.33. The van der Waals surface area contributed by atoms with E-state index in [0.717, 1.165) is 32.4 Å². The monoisotopic (exact) mass is 300 g/mol. The van der Waals surface area contributed by atoms with Gasteiger partial charge in [-0.15, -0.1) is 0 Å². The fourth-order valence-corrected chi connectivity index (χ4v) is 2.38. The molecule has 124 valence electrons. The summed E-state index contributed by atoms with van der Waals surface area (Å²) in [4.78, 5) is 11.5. The van der Waals surface area contributed by atoms with Crippen molar-refractivity contribution in [2.75, 3.05) is 19.7 Å². The zero-order chi connectivity index (χ0) is 15.9. The van der Waals surface area contributed by atoms with E-state index in [1.807, 2.05) is 20.8 Å². The summed E-state index contributed by atoms with van der Waals surface area (Å²) in [6, 6.07) is 0.535. The molecule has 1 amide bonds. The number of carbonyl (C=O) groups excluding carboxylic acids is 1. The highest BCUT2D eigenvalue weighted by molar-refractivity contribution is 5.67. The van der Waals surface area contributed by atoms with Crippen LogP contribution in [0, 0.1) is 5.92 Å². The van der Waals surface area contributed by atoms with Gasteiger partial charge in [0, 0.05) is 19.2 Å². The molecule has 1 heterocycles. The molecule has 0 radical (unpaired) electrons. The summed E-state index contributed by atoms with van der Waals surface area (Å²) < 4.78 is 10.9. The topological polar surface area (TPSA) is 59.6 Å². The van der Waals surface area contributed by atoms with E-state index in [1.54, 1.807) is 0 Å². The minimum Gasteiger partial charge on any atom is -0.444 e. The summed E-state index contributed by atoms with van der Waals surface area (Å²) in [7, 11) is 0. The first kappa shape index (κ1) is 18.2. The minimum absolute atomic E-state index is 0.339. The van der Waals surface area contributed by atoms with E-state index in [4.69, 9.17) is 9.47 Å². The average molecular weight is 300 g/mol. The van der Waals surface area contributed by atoms with Crippen LogP contribution in [-0.2, 0) is 9.47 Å². The number of hydrogen-bond donors (Lipinski definition) is 2. The van der Waals surface area contributed by atoms with Crippen molar-refractivity contribution in [3.05, 3.63) is 0 Å². The number of nitrogens with one attached hydrogen (secondary N) is 2. The molecule has 0 aromatic heterocycles. The van der Waals surface area contributed by atoms with E-state index in [2.05, 4.69) is 24.5 Å². The van der Waals surface area contributed by atoms with Gasteiger partial charge in [-0.3, -0.25) is 0 Å². The Hall–Kier alpha value is -0.810. The predicted octanol–water partition coefficient (Wildman–Crippen LogP) is 2.69. The fourth-order valence-electron chi connectivity index (χ4n) is 2.38. The lowest BCUT2D eigenvalue weighted by molar-refractivity contribution is -0.0242. The Kier molecular flexibility index (Phi) is 7.46. The second kappa shape index (κ2) is 8.59. The molecule has 5 nitrogen and oxygen atoms in total. The number of rotatable bonds is 6. The van der Waals surface area contributed by atoms with Crippen LogP contribution in [0.25, 0.3) is 0 Å². The lowest BCUT2D eigenvalue weighted by atomic mass is 9.95. The largest absolute Gasteiger partial charge is 0.444 e. The lowest BCUT2D eigenvalue weighted by Crippen LogP contribution is -2.41. The zero-order valence-corrected chi connectivity index (χ0v) is 14.2. The maximum absolute atomic E-state index is 11.5. The van der Waals surface area contributed by atoms with Gasteiger partial charge in [0.1, 0.15) is 5.60 Å². The Morgan fingerprint density at radius 1 is 1.33 bits per heavy atom. The second-order valence-electron chi connectivity index (χ2n) is 7.11. The highest BCUT2D eigenvalue weighted by Gasteiger charge is 2.24. The first-order valence-electron chi connectivity index (χ1n) is 8.10. The highest BCUT2D eigenvalue weighted by Crippen LogP contribution is 2.20. The maximum atomic E-state index is 11.5. The average Bonchev–Trinajstić information content (AvgIpc) is 2.36. The molecule has 2 atom stereocenters. The molecule has 0 aromatic rings. The summed E-state index contributed by atoms with van der Waals surface area (Å²) in [5.74, 6) is 0.573. The van der Waals surface area contributed by atoms with Crippen LogP contribution in [0.4, 0.5) is 4.79 Å². The highest BCUT2D eigenvalue weighted by atomic mass is 16.6.